The molecule has 18 heavy (non-hydrogen) atoms. The number of hydrogen-bond donors (Lipinski definition) is 3. The standard InChI is InChI=1S/C11H12BrNO5/c1-18-11(17)8(5-14)13-10(16)7-3-2-6(12)4-9(7)15/h2-4,8,14-15H,5H2,1H3,(H,13,16). The fraction of sp³-hybridized carbons (Fsp3) is 0.273. The van der Waals surface area contributed by atoms with Crippen LogP contribution in [0.15, 0.2) is 22.7 Å². The van der Waals surface area contributed by atoms with Crippen molar-refractivity contribution in [3.05, 3.63) is 28.2 Å². The number of amides is 1. The summed E-state index contributed by atoms with van der Waals surface area (Å²) in [5, 5.41) is 20.8. The van der Waals surface area contributed by atoms with Crippen molar-refractivity contribution in [2.45, 2.75) is 6.04 Å². The summed E-state index contributed by atoms with van der Waals surface area (Å²) in [4.78, 5) is 22.9. The molecule has 1 atom stereocenters. The number of aliphatic hydroxyl groups is 1. The molecule has 0 bridgehead atoms. The molecule has 0 spiro atoms. The summed E-state index contributed by atoms with van der Waals surface area (Å²) < 4.78 is 5.02. The van der Waals surface area contributed by atoms with Gasteiger partial charge in [-0.3, -0.25) is 4.79 Å². The van der Waals surface area contributed by atoms with Gasteiger partial charge in [-0.1, -0.05) is 15.9 Å². The van der Waals surface area contributed by atoms with Gasteiger partial charge in [0.2, 0.25) is 0 Å². The molecule has 0 saturated carbocycles. The van der Waals surface area contributed by atoms with Gasteiger partial charge < -0.3 is 20.3 Å². The maximum Gasteiger partial charge on any atom is 0.330 e. The Kier molecular flexibility index (Phi) is 5.11. The summed E-state index contributed by atoms with van der Waals surface area (Å²) in [5.41, 5.74) is 0.000512. The Bertz CT molecular complexity index is 463. The van der Waals surface area contributed by atoms with Gasteiger partial charge in [-0.15, -0.1) is 0 Å². The van der Waals surface area contributed by atoms with Crippen molar-refractivity contribution in [2.75, 3.05) is 13.7 Å². The topological polar surface area (TPSA) is 95.9 Å². The molecule has 1 aromatic carbocycles. The third-order valence-electron chi connectivity index (χ3n) is 2.18. The number of phenolic OH excluding ortho intramolecular Hbond substituents is 1. The normalized spacial score (nSPS) is 11.7. The van der Waals surface area contributed by atoms with Gasteiger partial charge in [0.05, 0.1) is 19.3 Å². The van der Waals surface area contributed by atoms with Gasteiger partial charge in [0.15, 0.2) is 6.04 Å². The summed E-state index contributed by atoms with van der Waals surface area (Å²) in [6.45, 7) is -0.588. The quantitative estimate of drug-likeness (QED) is 0.699. The van der Waals surface area contributed by atoms with E-state index in [0.29, 0.717) is 4.47 Å². The second kappa shape index (κ2) is 6.36. The van der Waals surface area contributed by atoms with E-state index in [1.807, 2.05) is 0 Å². The van der Waals surface area contributed by atoms with Crippen LogP contribution in [0.5, 0.6) is 5.75 Å². The van der Waals surface area contributed by atoms with Crippen LogP contribution in [0.1, 0.15) is 10.4 Å². The van der Waals surface area contributed by atoms with E-state index in [1.165, 1.54) is 12.1 Å². The Morgan fingerprint density at radius 2 is 2.17 bits per heavy atom. The Hall–Kier alpha value is -1.60. The van der Waals surface area contributed by atoms with Crippen LogP contribution in [0.2, 0.25) is 0 Å². The second-order valence-corrected chi connectivity index (χ2v) is 4.31. The van der Waals surface area contributed by atoms with E-state index in [0.717, 1.165) is 7.11 Å². The summed E-state index contributed by atoms with van der Waals surface area (Å²) in [6, 6.07) is 3.15. The maximum absolute atomic E-state index is 11.8. The molecule has 98 valence electrons. The molecule has 0 saturated heterocycles. The highest BCUT2D eigenvalue weighted by Gasteiger charge is 2.22. The number of halogens is 1. The molecular formula is C11H12BrNO5. The third kappa shape index (κ3) is 3.44. The summed E-state index contributed by atoms with van der Waals surface area (Å²) in [5.74, 6) is -1.67. The first-order valence-electron chi connectivity index (χ1n) is 4.97. The molecule has 0 aliphatic carbocycles. The molecule has 1 amide bonds. The number of hydrogen-bond acceptors (Lipinski definition) is 5. The van der Waals surface area contributed by atoms with E-state index >= 15 is 0 Å². The molecule has 0 heterocycles. The van der Waals surface area contributed by atoms with Crippen LogP contribution >= 0.6 is 15.9 Å². The zero-order valence-electron chi connectivity index (χ0n) is 9.51. The molecule has 0 aliphatic rings. The molecule has 3 N–H and O–H groups in total. The van der Waals surface area contributed by atoms with Gasteiger partial charge in [0, 0.05) is 4.47 Å². The molecule has 1 aromatic rings. The Balaban J connectivity index is 2.84. The Morgan fingerprint density at radius 1 is 1.50 bits per heavy atom. The van der Waals surface area contributed by atoms with E-state index in [2.05, 4.69) is 26.0 Å². The minimum atomic E-state index is -1.16. The maximum atomic E-state index is 11.8. The molecular weight excluding hydrogens is 306 g/mol. The van der Waals surface area contributed by atoms with Crippen molar-refractivity contribution in [3.63, 3.8) is 0 Å². The summed E-state index contributed by atoms with van der Waals surface area (Å²) in [6.07, 6.45) is 0. The largest absolute Gasteiger partial charge is 0.507 e. The van der Waals surface area contributed by atoms with E-state index in [9.17, 15) is 14.7 Å². The molecule has 0 fully saturated rings. The zero-order valence-corrected chi connectivity index (χ0v) is 11.1. The van der Waals surface area contributed by atoms with E-state index in [1.54, 1.807) is 6.07 Å². The van der Waals surface area contributed by atoms with Crippen LogP contribution in [-0.4, -0.2) is 41.8 Å². The lowest BCUT2D eigenvalue weighted by atomic mass is 10.1. The van der Waals surface area contributed by atoms with Crippen LogP contribution in [0.25, 0.3) is 0 Å². The highest BCUT2D eigenvalue weighted by atomic mass is 79.9. The fourth-order valence-electron chi connectivity index (χ4n) is 1.25. The van der Waals surface area contributed by atoms with Crippen molar-refractivity contribution in [3.8, 4) is 5.75 Å². The van der Waals surface area contributed by atoms with Crippen LogP contribution in [0, 0.1) is 0 Å². The molecule has 1 rings (SSSR count). The average Bonchev–Trinajstić information content (AvgIpc) is 2.34. The SMILES string of the molecule is COC(=O)C(CO)NC(=O)c1ccc(Br)cc1O. The van der Waals surface area contributed by atoms with Crippen molar-refractivity contribution in [1.29, 1.82) is 0 Å². The highest BCUT2D eigenvalue weighted by Crippen LogP contribution is 2.22. The number of carbonyl (C=O) groups is 2. The smallest absolute Gasteiger partial charge is 0.330 e. The Labute approximate surface area is 112 Å². The lowest BCUT2D eigenvalue weighted by molar-refractivity contribution is -0.143. The van der Waals surface area contributed by atoms with Gasteiger partial charge in [0.25, 0.3) is 5.91 Å². The van der Waals surface area contributed by atoms with Gasteiger partial charge in [-0.2, -0.15) is 0 Å². The second-order valence-electron chi connectivity index (χ2n) is 3.39. The van der Waals surface area contributed by atoms with Gasteiger partial charge >= 0.3 is 5.97 Å². The molecule has 0 aliphatic heterocycles. The predicted molar refractivity (Wildman–Crippen MR) is 66.2 cm³/mol. The first-order valence-corrected chi connectivity index (χ1v) is 5.77. The minimum Gasteiger partial charge on any atom is -0.507 e. The van der Waals surface area contributed by atoms with Crippen molar-refractivity contribution in [1.82, 2.24) is 5.32 Å². The van der Waals surface area contributed by atoms with Crippen molar-refractivity contribution >= 4 is 27.8 Å². The number of aromatic hydroxyl groups is 1. The number of rotatable bonds is 4. The van der Waals surface area contributed by atoms with E-state index in [4.69, 9.17) is 5.11 Å². The summed E-state index contributed by atoms with van der Waals surface area (Å²) >= 11 is 3.14. The number of methoxy groups -OCH3 is 1. The number of phenols is 1. The number of esters is 1. The first kappa shape index (κ1) is 14.5. The predicted octanol–water partition coefficient (Wildman–Crippen LogP) is 0.418. The number of benzene rings is 1. The lowest BCUT2D eigenvalue weighted by Crippen LogP contribution is -2.44. The number of aliphatic hydroxyl groups excluding tert-OH is 1. The third-order valence-corrected chi connectivity index (χ3v) is 2.67. The zero-order chi connectivity index (χ0) is 13.7. The van der Waals surface area contributed by atoms with Crippen LogP contribution in [-0.2, 0) is 9.53 Å². The van der Waals surface area contributed by atoms with Gasteiger partial charge in [0.1, 0.15) is 5.75 Å². The molecule has 6 nitrogen and oxygen atoms in total. The van der Waals surface area contributed by atoms with Crippen LogP contribution < -0.4 is 5.32 Å². The lowest BCUT2D eigenvalue weighted by Gasteiger charge is -2.14. The number of nitrogens with one attached hydrogen (secondary N) is 1. The van der Waals surface area contributed by atoms with E-state index < -0.39 is 24.5 Å². The van der Waals surface area contributed by atoms with Crippen LogP contribution in [0.3, 0.4) is 0 Å². The molecule has 0 aromatic heterocycles. The van der Waals surface area contributed by atoms with E-state index in [-0.39, 0.29) is 11.3 Å². The monoisotopic (exact) mass is 317 g/mol. The molecule has 7 heteroatoms. The fourth-order valence-corrected chi connectivity index (χ4v) is 1.60. The first-order chi connectivity index (χ1) is 8.49. The highest BCUT2D eigenvalue weighted by molar-refractivity contribution is 9.10. The summed E-state index contributed by atoms with van der Waals surface area (Å²) in [7, 11) is 1.15. The van der Waals surface area contributed by atoms with Gasteiger partial charge in [-0.05, 0) is 18.2 Å². The minimum absolute atomic E-state index is 0.000512. The van der Waals surface area contributed by atoms with Gasteiger partial charge in [-0.25, -0.2) is 4.79 Å². The average molecular weight is 318 g/mol. The number of ether oxygens (including phenoxy) is 1. The van der Waals surface area contributed by atoms with Crippen molar-refractivity contribution < 1.29 is 24.5 Å². The van der Waals surface area contributed by atoms with Crippen molar-refractivity contribution in [2.24, 2.45) is 0 Å². The number of carbonyl (C=O) groups excluding carboxylic acids is 2. The molecule has 1 unspecified atom stereocenters. The van der Waals surface area contributed by atoms with Crippen LogP contribution in [0.4, 0.5) is 0 Å². The molecule has 0 radical (unpaired) electrons. The Morgan fingerprint density at radius 3 is 2.67 bits per heavy atom.